The lowest BCUT2D eigenvalue weighted by atomic mass is 9.65. The van der Waals surface area contributed by atoms with Crippen molar-refractivity contribution < 1.29 is 34.7 Å². The van der Waals surface area contributed by atoms with E-state index in [-0.39, 0.29) is 12.0 Å². The Morgan fingerprint density at radius 2 is 1.41 bits per heavy atom. The van der Waals surface area contributed by atoms with E-state index in [1.165, 1.54) is 32.1 Å². The van der Waals surface area contributed by atoms with E-state index in [0.29, 0.717) is 60.2 Å². The van der Waals surface area contributed by atoms with Crippen LogP contribution >= 0.6 is 0 Å². The zero-order valence-corrected chi connectivity index (χ0v) is 33.4. The minimum atomic E-state index is -1.04. The van der Waals surface area contributed by atoms with Crippen LogP contribution in [0, 0.1) is 47.3 Å². The molecule has 1 aromatic rings. The number of aliphatic hydroxyl groups is 3. The molecule has 7 nitrogen and oxygen atoms in total. The Morgan fingerprint density at radius 1 is 0.878 bits per heavy atom. The molecular formula is C42H78O7. The van der Waals surface area contributed by atoms with Gasteiger partial charge in [0.25, 0.3) is 0 Å². The van der Waals surface area contributed by atoms with Gasteiger partial charge < -0.3 is 29.9 Å². The predicted molar refractivity (Wildman–Crippen MR) is 204 cm³/mol. The first kappa shape index (κ1) is 47.5. The lowest BCUT2D eigenvalue weighted by Crippen LogP contribution is -2.40. The van der Waals surface area contributed by atoms with Crippen molar-refractivity contribution in [1.82, 2.24) is 0 Å². The van der Waals surface area contributed by atoms with Crippen molar-refractivity contribution in [3.63, 3.8) is 0 Å². The van der Waals surface area contributed by atoms with Gasteiger partial charge in [0.15, 0.2) is 5.79 Å². The first-order valence-corrected chi connectivity index (χ1v) is 19.7. The average molecular weight is 695 g/mol. The minimum absolute atomic E-state index is 0.256. The molecule has 0 spiro atoms. The summed E-state index contributed by atoms with van der Waals surface area (Å²) in [5.41, 5.74) is 0.331. The van der Waals surface area contributed by atoms with Crippen LogP contribution in [0.3, 0.4) is 0 Å². The molecule has 3 rings (SSSR count). The highest BCUT2D eigenvalue weighted by molar-refractivity contribution is 5.87. The van der Waals surface area contributed by atoms with Crippen molar-refractivity contribution >= 4 is 5.97 Å². The normalized spacial score (nSPS) is 27.2. The van der Waals surface area contributed by atoms with Gasteiger partial charge in [0.1, 0.15) is 0 Å². The second-order valence-corrected chi connectivity index (χ2v) is 15.2. The van der Waals surface area contributed by atoms with Crippen LogP contribution in [0.25, 0.3) is 0 Å². The maximum absolute atomic E-state index is 11.5. The molecule has 2 saturated carbocycles. The van der Waals surface area contributed by atoms with E-state index in [2.05, 4.69) is 48.5 Å². The maximum atomic E-state index is 11.5. The van der Waals surface area contributed by atoms with Crippen LogP contribution in [0.5, 0.6) is 0 Å². The molecule has 4 N–H and O–H groups in total. The molecular weight excluding hydrogens is 616 g/mol. The van der Waals surface area contributed by atoms with Crippen LogP contribution < -0.4 is 0 Å². The molecule has 0 bridgehead atoms. The summed E-state index contributed by atoms with van der Waals surface area (Å²) in [5, 5.41) is 37.4. The van der Waals surface area contributed by atoms with E-state index in [4.69, 9.17) is 19.7 Å². The van der Waals surface area contributed by atoms with Crippen LogP contribution in [0.15, 0.2) is 30.3 Å². The number of carboxylic acid groups (broad SMARTS) is 1. The van der Waals surface area contributed by atoms with Gasteiger partial charge in [0.2, 0.25) is 0 Å². The second kappa shape index (κ2) is 26.3. The molecule has 11 atom stereocenters. The largest absolute Gasteiger partial charge is 0.478 e. The third-order valence-corrected chi connectivity index (χ3v) is 10.9. The minimum Gasteiger partial charge on any atom is -0.478 e. The summed E-state index contributed by atoms with van der Waals surface area (Å²) in [4.78, 5) is 10.2. The van der Waals surface area contributed by atoms with Crippen LogP contribution in [-0.2, 0) is 9.47 Å². The molecule has 288 valence electrons. The van der Waals surface area contributed by atoms with Crippen LogP contribution in [-0.4, -0.2) is 64.7 Å². The number of aromatic carboxylic acids is 1. The average Bonchev–Trinajstić information content (AvgIpc) is 3.08. The van der Waals surface area contributed by atoms with Gasteiger partial charge in [-0.1, -0.05) is 99.3 Å². The second-order valence-electron chi connectivity index (χ2n) is 15.2. The van der Waals surface area contributed by atoms with Crippen molar-refractivity contribution in [2.75, 3.05) is 20.3 Å². The molecule has 0 heterocycles. The Labute approximate surface area is 301 Å². The number of carbonyl (C=O) groups is 1. The van der Waals surface area contributed by atoms with E-state index >= 15 is 0 Å². The van der Waals surface area contributed by atoms with Gasteiger partial charge >= 0.3 is 5.97 Å². The van der Waals surface area contributed by atoms with Crippen LogP contribution in [0.4, 0.5) is 0 Å². The molecule has 6 unspecified atom stereocenters. The molecule has 0 radical (unpaired) electrons. The zero-order chi connectivity index (χ0) is 37.6. The van der Waals surface area contributed by atoms with Gasteiger partial charge in [0.05, 0.1) is 31.0 Å². The molecule has 7 heteroatoms. The summed E-state index contributed by atoms with van der Waals surface area (Å²) >= 11 is 0. The molecule has 0 amide bonds. The standard InChI is InChI=1S/C32H62O4.C7H6O2.C2H6.CH4O/c1-9-11-25(6)35-20-27-17-22(3)12-14-29(27)24(5)19-31(33)26(7)30-15-13-23(4)18-28(30)21-36-32(8,34)16-10-2;8-7(9)6-4-2-1-3-5-6;2*1-2/h22-31,33-34H,9-21H2,1-8H3;1-5H,(H,8,9);1-2H3;2H,1H3/t22-,23-,24?,25?,26?,27?,28?,29+,30+,31?,32+;;;/m1.../s1. The molecule has 2 aliphatic rings. The number of ether oxygens (including phenoxy) is 2. The number of hydrogen-bond acceptors (Lipinski definition) is 6. The molecule has 0 aliphatic heterocycles. The lowest BCUT2D eigenvalue weighted by molar-refractivity contribution is -0.208. The molecule has 1 aromatic carbocycles. The van der Waals surface area contributed by atoms with Crippen molar-refractivity contribution in [3.05, 3.63) is 35.9 Å². The fourth-order valence-corrected chi connectivity index (χ4v) is 8.11. The predicted octanol–water partition coefficient (Wildman–Crippen LogP) is 9.86. The number of rotatable bonds is 16. The number of benzene rings is 1. The quantitative estimate of drug-likeness (QED) is 0.127. The van der Waals surface area contributed by atoms with E-state index in [9.17, 15) is 15.0 Å². The van der Waals surface area contributed by atoms with E-state index < -0.39 is 11.8 Å². The monoisotopic (exact) mass is 695 g/mol. The zero-order valence-electron chi connectivity index (χ0n) is 33.4. The van der Waals surface area contributed by atoms with E-state index in [1.54, 1.807) is 37.3 Å². The number of aliphatic hydroxyl groups excluding tert-OH is 2. The number of carboxylic acids is 1. The fourth-order valence-electron chi connectivity index (χ4n) is 8.11. The first-order valence-electron chi connectivity index (χ1n) is 19.7. The number of hydrogen-bond donors (Lipinski definition) is 4. The van der Waals surface area contributed by atoms with Gasteiger partial charge in [-0.3, -0.25) is 0 Å². The summed E-state index contributed by atoms with van der Waals surface area (Å²) in [6, 6.07) is 8.30. The molecule has 2 aliphatic carbocycles. The van der Waals surface area contributed by atoms with Gasteiger partial charge in [-0.25, -0.2) is 4.79 Å². The Bertz CT molecular complexity index is 938. The molecule has 49 heavy (non-hydrogen) atoms. The third kappa shape index (κ3) is 18.5. The first-order chi connectivity index (χ1) is 23.3. The van der Waals surface area contributed by atoms with Crippen LogP contribution in [0.2, 0.25) is 0 Å². The van der Waals surface area contributed by atoms with E-state index in [0.717, 1.165) is 51.7 Å². The summed E-state index contributed by atoms with van der Waals surface area (Å²) in [6.45, 7) is 23.2. The SMILES string of the molecule is CC.CCCC(C)OCC1C[C@H](C)CC[C@H]1C(C)CC(O)C(C)[C@@H]1CC[C@@H](C)CC1CO[C@](C)(O)CCC.CO.O=C(O)c1ccccc1. The Morgan fingerprint density at radius 3 is 1.90 bits per heavy atom. The highest BCUT2D eigenvalue weighted by Crippen LogP contribution is 2.43. The van der Waals surface area contributed by atoms with Gasteiger partial charge in [-0.2, -0.15) is 0 Å². The van der Waals surface area contributed by atoms with Crippen LogP contribution in [0.1, 0.15) is 150 Å². The highest BCUT2D eigenvalue weighted by Gasteiger charge is 2.39. The van der Waals surface area contributed by atoms with Gasteiger partial charge in [0, 0.05) is 13.5 Å². The van der Waals surface area contributed by atoms with Crippen molar-refractivity contribution in [1.29, 1.82) is 0 Å². The van der Waals surface area contributed by atoms with Gasteiger partial charge in [-0.15, -0.1) is 0 Å². The Hall–Kier alpha value is -1.51. The Balaban J connectivity index is 0.00000149. The summed E-state index contributed by atoms with van der Waals surface area (Å²) in [6.07, 6.45) is 12.2. The maximum Gasteiger partial charge on any atom is 0.335 e. The topological polar surface area (TPSA) is 116 Å². The smallest absolute Gasteiger partial charge is 0.335 e. The molecule has 2 fully saturated rings. The van der Waals surface area contributed by atoms with Crippen molar-refractivity contribution in [2.45, 2.75) is 158 Å². The Kier molecular flexibility index (Phi) is 25.5. The summed E-state index contributed by atoms with van der Waals surface area (Å²) in [5.74, 6) is 2.44. The van der Waals surface area contributed by atoms with Gasteiger partial charge in [-0.05, 0) is 112 Å². The highest BCUT2D eigenvalue weighted by atomic mass is 16.6. The molecule has 0 aromatic heterocycles. The van der Waals surface area contributed by atoms with Crippen molar-refractivity contribution in [2.24, 2.45) is 47.3 Å². The third-order valence-electron chi connectivity index (χ3n) is 10.9. The fraction of sp³-hybridized carbons (Fsp3) is 0.833. The van der Waals surface area contributed by atoms with E-state index in [1.807, 2.05) is 13.8 Å². The summed E-state index contributed by atoms with van der Waals surface area (Å²) < 4.78 is 12.3. The summed E-state index contributed by atoms with van der Waals surface area (Å²) in [7, 11) is 1.00. The van der Waals surface area contributed by atoms with Crippen molar-refractivity contribution in [3.8, 4) is 0 Å². The molecule has 0 saturated heterocycles. The lowest BCUT2D eigenvalue weighted by Gasteiger charge is -2.43.